The molecule has 7 nitrogen and oxygen atoms in total. The van der Waals surface area contributed by atoms with E-state index < -0.39 is 22.2 Å². The van der Waals surface area contributed by atoms with Gasteiger partial charge in [-0.2, -0.15) is 4.31 Å². The van der Waals surface area contributed by atoms with Crippen LogP contribution in [0.2, 0.25) is 0 Å². The van der Waals surface area contributed by atoms with Gasteiger partial charge in [-0.1, -0.05) is 34.9 Å². The molecule has 2 unspecified atom stereocenters. The van der Waals surface area contributed by atoms with Crippen molar-refractivity contribution in [1.29, 1.82) is 0 Å². The van der Waals surface area contributed by atoms with Gasteiger partial charge in [0.15, 0.2) is 0 Å². The summed E-state index contributed by atoms with van der Waals surface area (Å²) in [4.78, 5) is 26.2. The normalized spacial score (nSPS) is 17.9. The first kappa shape index (κ1) is 21.5. The number of hydrogen-bond donors (Lipinski definition) is 3. The number of hydrogen-bond acceptors (Lipinski definition) is 4. The van der Waals surface area contributed by atoms with Crippen molar-refractivity contribution >= 4 is 15.6 Å². The zero-order valence-corrected chi connectivity index (χ0v) is 16.3. The van der Waals surface area contributed by atoms with Crippen molar-refractivity contribution < 1.29 is 34.0 Å². The molecule has 0 rings (SSSR count). The van der Waals surface area contributed by atoms with E-state index in [-0.39, 0.29) is 0 Å². The van der Waals surface area contributed by atoms with Crippen LogP contribution in [0.4, 0.5) is 0 Å². The molecule has 140 valence electrons. The fourth-order valence-corrected chi connectivity index (χ4v) is 3.14. The SMILES string of the molecule is [3H]C(C=C(C)CCC=C(C)CCC=C(C)C)OP(=O)(O)OP(=O)(O)O. The molecule has 0 saturated heterocycles. The summed E-state index contributed by atoms with van der Waals surface area (Å²) < 4.78 is 37.4. The number of rotatable bonds is 11. The van der Waals surface area contributed by atoms with Gasteiger partial charge in [0.25, 0.3) is 0 Å². The Morgan fingerprint density at radius 3 is 1.96 bits per heavy atom. The van der Waals surface area contributed by atoms with Crippen LogP contribution >= 0.6 is 15.6 Å². The molecule has 0 heterocycles. The average molecular weight is 384 g/mol. The summed E-state index contributed by atoms with van der Waals surface area (Å²) in [6.07, 6.45) is 8.93. The van der Waals surface area contributed by atoms with Crippen molar-refractivity contribution in [1.82, 2.24) is 0 Å². The van der Waals surface area contributed by atoms with E-state index >= 15 is 0 Å². The molecular formula is C15H28O7P2. The summed E-state index contributed by atoms with van der Waals surface area (Å²) in [6.45, 7) is 6.34. The third kappa shape index (κ3) is 15.0. The van der Waals surface area contributed by atoms with Crippen molar-refractivity contribution in [2.45, 2.75) is 53.4 Å². The third-order valence-electron chi connectivity index (χ3n) is 2.88. The molecule has 0 spiro atoms. The highest BCUT2D eigenvalue weighted by Gasteiger charge is 2.31. The number of allylic oxidation sites excluding steroid dienone is 5. The lowest BCUT2D eigenvalue weighted by molar-refractivity contribution is 0.191. The van der Waals surface area contributed by atoms with Gasteiger partial charge in [-0.15, -0.1) is 0 Å². The van der Waals surface area contributed by atoms with Crippen LogP contribution in [0.1, 0.15) is 54.7 Å². The predicted octanol–water partition coefficient (Wildman–Crippen LogP) is 4.63. The van der Waals surface area contributed by atoms with Crippen LogP contribution in [-0.4, -0.2) is 21.3 Å². The van der Waals surface area contributed by atoms with Crippen molar-refractivity contribution in [3.63, 3.8) is 0 Å². The maximum Gasteiger partial charge on any atom is 0.481 e. The number of phosphoric ester groups is 1. The molecule has 0 fully saturated rings. The largest absolute Gasteiger partial charge is 0.481 e. The average Bonchev–Trinajstić information content (AvgIpc) is 2.33. The lowest BCUT2D eigenvalue weighted by Crippen LogP contribution is -1.94. The van der Waals surface area contributed by atoms with Crippen molar-refractivity contribution in [3.05, 3.63) is 34.9 Å². The molecule has 0 aliphatic heterocycles. The first-order valence-corrected chi connectivity index (χ1v) is 10.5. The second kappa shape index (κ2) is 11.2. The summed E-state index contributed by atoms with van der Waals surface area (Å²) in [7, 11) is -10.2. The Labute approximate surface area is 145 Å². The van der Waals surface area contributed by atoms with Gasteiger partial charge in [0, 0.05) is 0 Å². The molecule has 0 aliphatic carbocycles. The molecule has 0 radical (unpaired) electrons. The smallest absolute Gasteiger partial charge is 0.302 e. The van der Waals surface area contributed by atoms with Crippen LogP contribution in [0.3, 0.4) is 0 Å². The fraction of sp³-hybridized carbons (Fsp3) is 0.600. The van der Waals surface area contributed by atoms with Gasteiger partial charge >= 0.3 is 15.6 Å². The van der Waals surface area contributed by atoms with Crippen molar-refractivity contribution in [2.75, 3.05) is 6.58 Å². The highest BCUT2D eigenvalue weighted by molar-refractivity contribution is 7.60. The van der Waals surface area contributed by atoms with E-state index in [9.17, 15) is 9.13 Å². The van der Waals surface area contributed by atoms with Crippen molar-refractivity contribution in [2.24, 2.45) is 0 Å². The fourth-order valence-electron chi connectivity index (χ4n) is 1.70. The molecule has 0 aromatic rings. The van der Waals surface area contributed by atoms with Crippen LogP contribution < -0.4 is 0 Å². The molecule has 3 N–H and O–H groups in total. The van der Waals surface area contributed by atoms with Gasteiger partial charge < -0.3 is 14.7 Å². The highest BCUT2D eigenvalue weighted by atomic mass is 31.3. The van der Waals surface area contributed by atoms with Crippen LogP contribution in [0, 0.1) is 0 Å². The lowest BCUT2D eigenvalue weighted by atomic mass is 10.1. The second-order valence-electron chi connectivity index (χ2n) is 5.70. The Balaban J connectivity index is 4.41. The van der Waals surface area contributed by atoms with E-state index in [1.807, 2.05) is 0 Å². The summed E-state index contributed by atoms with van der Waals surface area (Å²) in [5.41, 5.74) is 3.31. The van der Waals surface area contributed by atoms with Crippen LogP contribution in [0.15, 0.2) is 34.9 Å². The Bertz CT molecular complexity index is 603. The first-order valence-electron chi connectivity index (χ1n) is 8.05. The maximum absolute atomic E-state index is 11.3. The number of phosphoric acid groups is 2. The molecule has 0 aliphatic rings. The Kier molecular flexibility index (Phi) is 10.0. The minimum absolute atomic E-state index is 0.633. The first-order chi connectivity index (χ1) is 11.3. The molecule has 0 saturated carbocycles. The van der Waals surface area contributed by atoms with Gasteiger partial charge in [0.1, 0.15) is 0 Å². The second-order valence-corrected chi connectivity index (χ2v) is 8.49. The molecule has 0 aromatic carbocycles. The van der Waals surface area contributed by atoms with E-state index in [0.29, 0.717) is 6.42 Å². The zero-order chi connectivity index (χ0) is 19.7. The van der Waals surface area contributed by atoms with Gasteiger partial charge in [-0.25, -0.2) is 9.13 Å². The lowest BCUT2D eigenvalue weighted by Gasteiger charge is -2.11. The minimum Gasteiger partial charge on any atom is -0.302 e. The molecule has 0 amide bonds. The van der Waals surface area contributed by atoms with Crippen LogP contribution in [0.25, 0.3) is 0 Å². The van der Waals surface area contributed by atoms with Crippen LogP contribution in [-0.2, 0) is 18.0 Å². The molecule has 0 bridgehead atoms. The van der Waals surface area contributed by atoms with E-state index in [1.54, 1.807) is 6.92 Å². The monoisotopic (exact) mass is 384 g/mol. The van der Waals surface area contributed by atoms with Gasteiger partial charge in [0.05, 0.1) is 7.95 Å². The summed E-state index contributed by atoms with van der Waals surface area (Å²) in [5, 5.41) is 0. The Morgan fingerprint density at radius 2 is 1.46 bits per heavy atom. The Morgan fingerprint density at radius 1 is 0.958 bits per heavy atom. The zero-order valence-electron chi connectivity index (χ0n) is 15.5. The Hall–Kier alpha value is -0.520. The summed E-state index contributed by atoms with van der Waals surface area (Å²) >= 11 is 0. The van der Waals surface area contributed by atoms with E-state index in [1.165, 1.54) is 17.2 Å². The summed E-state index contributed by atoms with van der Waals surface area (Å²) in [5.74, 6) is 0. The third-order valence-corrected chi connectivity index (χ3v) is 4.94. The standard InChI is InChI=1S/C15H28O7P2/c1-13(2)7-5-8-14(3)9-6-10-15(4)11-12-21-24(19,20)22-23(16,17)18/h7,9,11H,5-6,8,10,12H2,1-4H3,(H,19,20)(H2,16,17,18)/i12T. The molecule has 9 heteroatoms. The minimum atomic E-state index is -5.18. The molecule has 24 heavy (non-hydrogen) atoms. The van der Waals surface area contributed by atoms with Gasteiger partial charge in [-0.3, -0.25) is 4.52 Å². The topological polar surface area (TPSA) is 113 Å². The highest BCUT2D eigenvalue weighted by Crippen LogP contribution is 2.57. The molecular weight excluding hydrogens is 354 g/mol. The van der Waals surface area contributed by atoms with Gasteiger partial charge in [0.2, 0.25) is 0 Å². The van der Waals surface area contributed by atoms with Crippen molar-refractivity contribution in [3.8, 4) is 0 Å². The molecule has 2 atom stereocenters. The molecule has 0 aromatic heterocycles. The maximum atomic E-state index is 11.3. The van der Waals surface area contributed by atoms with E-state index in [4.69, 9.17) is 16.1 Å². The quantitative estimate of drug-likeness (QED) is 0.351. The van der Waals surface area contributed by atoms with Crippen LogP contribution in [0.5, 0.6) is 0 Å². The van der Waals surface area contributed by atoms with Gasteiger partial charge in [-0.05, 0) is 53.4 Å². The van der Waals surface area contributed by atoms with E-state index in [0.717, 1.165) is 24.8 Å². The predicted molar refractivity (Wildman–Crippen MR) is 94.3 cm³/mol. The van der Waals surface area contributed by atoms with E-state index in [2.05, 4.69) is 41.8 Å². The summed E-state index contributed by atoms with van der Waals surface area (Å²) in [6, 6.07) is 0.